The molecule has 21 heavy (non-hydrogen) atoms. The van der Waals surface area contributed by atoms with E-state index in [4.69, 9.17) is 15.4 Å². The van der Waals surface area contributed by atoms with Gasteiger partial charge >= 0.3 is 0 Å². The number of rotatable bonds is 5. The van der Waals surface area contributed by atoms with Gasteiger partial charge in [0, 0.05) is 16.7 Å². The van der Waals surface area contributed by atoms with Crippen molar-refractivity contribution < 1.29 is 22.3 Å². The summed E-state index contributed by atoms with van der Waals surface area (Å²) < 4.78 is 40.8. The molecule has 0 bridgehead atoms. The molecule has 0 unspecified atom stereocenters. The zero-order chi connectivity index (χ0) is 15.5. The van der Waals surface area contributed by atoms with Crippen LogP contribution in [0.5, 0.6) is 5.75 Å². The number of nitrogens with one attached hydrogen (secondary N) is 1. The lowest BCUT2D eigenvalue weighted by Gasteiger charge is -2.12. The second kappa shape index (κ2) is 6.62. The van der Waals surface area contributed by atoms with Crippen LogP contribution in [0.2, 0.25) is 0 Å². The molecular formula is C13H15ClFNO4S. The first kappa shape index (κ1) is 16.0. The number of hydrogen-bond donors (Lipinski definition) is 1. The number of ether oxygens (including phenoxy) is 1. The fourth-order valence-corrected chi connectivity index (χ4v) is 3.00. The lowest BCUT2D eigenvalue weighted by Crippen LogP contribution is -2.36. The van der Waals surface area contributed by atoms with Crippen LogP contribution in [0.25, 0.3) is 0 Å². The average molecular weight is 336 g/mol. The number of halogens is 2. The van der Waals surface area contributed by atoms with E-state index in [1.165, 1.54) is 0 Å². The Balaban J connectivity index is 1.92. The molecule has 0 saturated heterocycles. The molecule has 1 aromatic carbocycles. The highest BCUT2D eigenvalue weighted by Crippen LogP contribution is 2.23. The van der Waals surface area contributed by atoms with Crippen LogP contribution in [0.3, 0.4) is 0 Å². The minimum atomic E-state index is -3.99. The van der Waals surface area contributed by atoms with E-state index in [2.05, 4.69) is 5.32 Å². The fraction of sp³-hybridized carbons (Fsp3) is 0.462. The molecule has 1 N–H and O–H groups in total. The number of benzene rings is 1. The Bertz CT molecular complexity index is 629. The number of amides is 1. The molecular weight excluding hydrogens is 321 g/mol. The van der Waals surface area contributed by atoms with Gasteiger partial charge in [0.1, 0.15) is 0 Å². The summed E-state index contributed by atoms with van der Waals surface area (Å²) in [6.45, 7) is -0.319. The summed E-state index contributed by atoms with van der Waals surface area (Å²) in [5.41, 5.74) is 0. The highest BCUT2D eigenvalue weighted by Gasteiger charge is 2.18. The van der Waals surface area contributed by atoms with Crippen LogP contribution in [0.1, 0.15) is 25.7 Å². The van der Waals surface area contributed by atoms with Crippen LogP contribution >= 0.6 is 10.7 Å². The number of carbonyl (C=O) groups is 1. The van der Waals surface area contributed by atoms with E-state index in [9.17, 15) is 17.6 Å². The van der Waals surface area contributed by atoms with Gasteiger partial charge in [0.15, 0.2) is 18.2 Å². The summed E-state index contributed by atoms with van der Waals surface area (Å²) in [6, 6.07) is 3.17. The molecule has 1 saturated carbocycles. The Morgan fingerprint density at radius 3 is 2.62 bits per heavy atom. The minimum Gasteiger partial charge on any atom is -0.481 e. The van der Waals surface area contributed by atoms with Crippen molar-refractivity contribution in [2.24, 2.45) is 0 Å². The topological polar surface area (TPSA) is 72.5 Å². The molecule has 0 spiro atoms. The van der Waals surface area contributed by atoms with Crippen LogP contribution in [-0.4, -0.2) is 27.0 Å². The van der Waals surface area contributed by atoms with E-state index >= 15 is 0 Å². The number of carbonyl (C=O) groups excluding carboxylic acids is 1. The summed E-state index contributed by atoms with van der Waals surface area (Å²) in [7, 11) is 1.11. The first-order valence-corrected chi connectivity index (χ1v) is 8.83. The van der Waals surface area contributed by atoms with Crippen LogP contribution < -0.4 is 10.1 Å². The van der Waals surface area contributed by atoms with Crippen molar-refractivity contribution in [1.82, 2.24) is 5.32 Å². The van der Waals surface area contributed by atoms with E-state index in [0.717, 1.165) is 43.9 Å². The monoisotopic (exact) mass is 335 g/mol. The zero-order valence-electron chi connectivity index (χ0n) is 11.1. The normalized spacial score (nSPS) is 15.9. The lowest BCUT2D eigenvalue weighted by molar-refractivity contribution is -0.123. The molecule has 2 rings (SSSR count). The summed E-state index contributed by atoms with van der Waals surface area (Å²) in [5.74, 6) is -1.40. The van der Waals surface area contributed by atoms with E-state index < -0.39 is 14.9 Å². The van der Waals surface area contributed by atoms with Crippen LogP contribution in [-0.2, 0) is 13.8 Å². The van der Waals surface area contributed by atoms with E-state index in [1.807, 2.05) is 0 Å². The van der Waals surface area contributed by atoms with Crippen molar-refractivity contribution >= 4 is 25.6 Å². The van der Waals surface area contributed by atoms with Crippen molar-refractivity contribution in [1.29, 1.82) is 0 Å². The summed E-state index contributed by atoms with van der Waals surface area (Å²) in [5, 5.41) is 2.80. The van der Waals surface area contributed by atoms with Gasteiger partial charge in [0.25, 0.3) is 15.0 Å². The van der Waals surface area contributed by atoms with Gasteiger partial charge in [-0.05, 0) is 31.0 Å². The molecule has 1 aliphatic rings. The molecule has 5 nitrogen and oxygen atoms in total. The van der Waals surface area contributed by atoms with Gasteiger partial charge in [-0.25, -0.2) is 12.8 Å². The van der Waals surface area contributed by atoms with Crippen molar-refractivity contribution in [2.75, 3.05) is 6.61 Å². The Labute approximate surface area is 126 Å². The van der Waals surface area contributed by atoms with Gasteiger partial charge in [0.2, 0.25) is 0 Å². The van der Waals surface area contributed by atoms with Crippen molar-refractivity contribution in [3.8, 4) is 5.75 Å². The average Bonchev–Trinajstić information content (AvgIpc) is 2.89. The maximum atomic E-state index is 13.7. The summed E-state index contributed by atoms with van der Waals surface area (Å²) in [4.78, 5) is 11.3. The smallest absolute Gasteiger partial charge is 0.261 e. The first-order chi connectivity index (χ1) is 9.86. The van der Waals surface area contributed by atoms with Crippen molar-refractivity contribution in [3.05, 3.63) is 24.0 Å². The van der Waals surface area contributed by atoms with E-state index in [-0.39, 0.29) is 29.2 Å². The van der Waals surface area contributed by atoms with E-state index in [1.54, 1.807) is 0 Å². The third-order valence-corrected chi connectivity index (χ3v) is 4.62. The largest absolute Gasteiger partial charge is 0.481 e. The van der Waals surface area contributed by atoms with Gasteiger partial charge in [-0.2, -0.15) is 0 Å². The van der Waals surface area contributed by atoms with Crippen LogP contribution in [0, 0.1) is 5.82 Å². The van der Waals surface area contributed by atoms with Crippen LogP contribution in [0.4, 0.5) is 4.39 Å². The standard InChI is InChI=1S/C13H15ClFNO4S/c14-21(18,19)10-5-6-12(11(15)7-10)20-8-13(17)16-9-3-1-2-4-9/h5-7,9H,1-4,8H2,(H,16,17). The highest BCUT2D eigenvalue weighted by molar-refractivity contribution is 8.13. The maximum absolute atomic E-state index is 13.7. The molecule has 0 atom stereocenters. The van der Waals surface area contributed by atoms with E-state index in [0.29, 0.717) is 0 Å². The molecule has 116 valence electrons. The minimum absolute atomic E-state index is 0.162. The SMILES string of the molecule is O=C(COc1ccc(S(=O)(=O)Cl)cc1F)NC1CCCC1. The Kier molecular flexibility index (Phi) is 5.05. The van der Waals surface area contributed by atoms with Gasteiger partial charge in [-0.1, -0.05) is 12.8 Å². The molecule has 1 fully saturated rings. The highest BCUT2D eigenvalue weighted by atomic mass is 35.7. The molecule has 8 heteroatoms. The summed E-state index contributed by atoms with van der Waals surface area (Å²) >= 11 is 0. The molecule has 0 heterocycles. The third kappa shape index (κ3) is 4.57. The van der Waals surface area contributed by atoms with Gasteiger partial charge in [0.05, 0.1) is 4.90 Å². The van der Waals surface area contributed by atoms with Crippen molar-refractivity contribution in [3.63, 3.8) is 0 Å². The van der Waals surface area contributed by atoms with Gasteiger partial charge < -0.3 is 10.1 Å². The molecule has 1 amide bonds. The quantitative estimate of drug-likeness (QED) is 0.837. The predicted octanol–water partition coefficient (Wildman–Crippen LogP) is 2.19. The van der Waals surface area contributed by atoms with Gasteiger partial charge in [-0.15, -0.1) is 0 Å². The van der Waals surface area contributed by atoms with Crippen LogP contribution in [0.15, 0.2) is 23.1 Å². The second-order valence-electron chi connectivity index (χ2n) is 4.87. The first-order valence-electron chi connectivity index (χ1n) is 6.52. The molecule has 1 aliphatic carbocycles. The third-order valence-electron chi connectivity index (χ3n) is 3.26. The maximum Gasteiger partial charge on any atom is 0.261 e. The Morgan fingerprint density at radius 1 is 1.38 bits per heavy atom. The second-order valence-corrected chi connectivity index (χ2v) is 7.43. The summed E-state index contributed by atoms with van der Waals surface area (Å²) in [6.07, 6.45) is 4.08. The Hall–Kier alpha value is -1.34. The molecule has 0 radical (unpaired) electrons. The van der Waals surface area contributed by atoms with Crippen molar-refractivity contribution in [2.45, 2.75) is 36.6 Å². The predicted molar refractivity (Wildman–Crippen MR) is 75.3 cm³/mol. The van der Waals surface area contributed by atoms with Gasteiger partial charge in [-0.3, -0.25) is 4.79 Å². The Morgan fingerprint density at radius 2 is 2.05 bits per heavy atom. The molecule has 0 aliphatic heterocycles. The molecule has 0 aromatic heterocycles. The number of hydrogen-bond acceptors (Lipinski definition) is 4. The molecule has 1 aromatic rings. The zero-order valence-corrected chi connectivity index (χ0v) is 12.7. The lowest BCUT2D eigenvalue weighted by atomic mass is 10.2. The fourth-order valence-electron chi connectivity index (χ4n) is 2.23.